The standard InChI is InChI=1S/C15H21NO/c17-15-9-8-12(14-7-3-4-10-16-14)11-5-1-2-6-13(11)15/h8-9,14,16-17H,1-7,10H2. The highest BCUT2D eigenvalue weighted by atomic mass is 16.3. The smallest absolute Gasteiger partial charge is 0.119 e. The maximum Gasteiger partial charge on any atom is 0.119 e. The van der Waals surface area contributed by atoms with Gasteiger partial charge in [0.15, 0.2) is 0 Å². The van der Waals surface area contributed by atoms with Gasteiger partial charge in [-0.1, -0.05) is 12.5 Å². The monoisotopic (exact) mass is 231 g/mol. The molecule has 0 spiro atoms. The molecule has 1 saturated heterocycles. The van der Waals surface area contributed by atoms with Crippen molar-refractivity contribution in [2.24, 2.45) is 0 Å². The number of phenols is 1. The molecule has 17 heavy (non-hydrogen) atoms. The zero-order valence-corrected chi connectivity index (χ0v) is 10.3. The van der Waals surface area contributed by atoms with Crippen LogP contribution in [0.15, 0.2) is 12.1 Å². The van der Waals surface area contributed by atoms with Gasteiger partial charge in [0, 0.05) is 6.04 Å². The summed E-state index contributed by atoms with van der Waals surface area (Å²) in [6, 6.07) is 4.56. The van der Waals surface area contributed by atoms with Gasteiger partial charge in [-0.2, -0.15) is 0 Å². The Morgan fingerprint density at radius 1 is 1.00 bits per heavy atom. The van der Waals surface area contributed by atoms with Gasteiger partial charge in [0.05, 0.1) is 0 Å². The minimum atomic E-state index is 0.513. The maximum absolute atomic E-state index is 9.96. The van der Waals surface area contributed by atoms with E-state index in [9.17, 15) is 5.11 Å². The third-order valence-electron chi connectivity index (χ3n) is 4.23. The van der Waals surface area contributed by atoms with E-state index in [1.807, 2.05) is 6.07 Å². The minimum absolute atomic E-state index is 0.513. The average molecular weight is 231 g/mol. The van der Waals surface area contributed by atoms with Gasteiger partial charge in [-0.25, -0.2) is 0 Å². The van der Waals surface area contributed by atoms with Gasteiger partial charge in [-0.15, -0.1) is 0 Å². The lowest BCUT2D eigenvalue weighted by molar-refractivity contribution is 0.406. The second kappa shape index (κ2) is 4.69. The highest BCUT2D eigenvalue weighted by molar-refractivity contribution is 5.47. The van der Waals surface area contributed by atoms with Crippen LogP contribution < -0.4 is 5.32 Å². The van der Waals surface area contributed by atoms with Crippen LogP contribution in [-0.2, 0) is 12.8 Å². The molecule has 2 heteroatoms. The molecular formula is C15H21NO. The number of hydrogen-bond donors (Lipinski definition) is 2. The lowest BCUT2D eigenvalue weighted by Gasteiger charge is -2.29. The predicted molar refractivity (Wildman–Crippen MR) is 69.3 cm³/mol. The van der Waals surface area contributed by atoms with Crippen LogP contribution in [0.25, 0.3) is 0 Å². The van der Waals surface area contributed by atoms with Crippen molar-refractivity contribution in [3.63, 3.8) is 0 Å². The Morgan fingerprint density at radius 2 is 1.82 bits per heavy atom. The molecule has 1 aromatic rings. The van der Waals surface area contributed by atoms with Gasteiger partial charge < -0.3 is 10.4 Å². The molecule has 92 valence electrons. The van der Waals surface area contributed by atoms with E-state index >= 15 is 0 Å². The predicted octanol–water partition coefficient (Wildman–Crippen LogP) is 3.09. The molecule has 1 atom stereocenters. The Balaban J connectivity index is 1.98. The molecule has 1 heterocycles. The Labute approximate surface area is 103 Å². The van der Waals surface area contributed by atoms with Gasteiger partial charge in [-0.05, 0) is 67.8 Å². The first-order valence-corrected chi connectivity index (χ1v) is 6.93. The van der Waals surface area contributed by atoms with E-state index in [0.717, 1.165) is 19.4 Å². The number of piperidine rings is 1. The largest absolute Gasteiger partial charge is 0.508 e. The Morgan fingerprint density at radius 3 is 2.59 bits per heavy atom. The molecule has 2 aliphatic rings. The van der Waals surface area contributed by atoms with Crippen LogP contribution in [0.4, 0.5) is 0 Å². The Bertz CT molecular complexity index is 408. The molecule has 0 bridgehead atoms. The number of nitrogens with one attached hydrogen (secondary N) is 1. The summed E-state index contributed by atoms with van der Waals surface area (Å²) in [5, 5.41) is 13.6. The molecule has 1 unspecified atom stereocenters. The average Bonchev–Trinajstić information content (AvgIpc) is 2.41. The Hall–Kier alpha value is -1.02. The summed E-state index contributed by atoms with van der Waals surface area (Å²) in [4.78, 5) is 0. The molecule has 1 fully saturated rings. The second-order valence-electron chi connectivity index (χ2n) is 5.34. The fourth-order valence-electron chi connectivity index (χ4n) is 3.32. The molecular weight excluding hydrogens is 210 g/mol. The second-order valence-corrected chi connectivity index (χ2v) is 5.34. The molecule has 1 aliphatic carbocycles. The third kappa shape index (κ3) is 2.06. The van der Waals surface area contributed by atoms with Crippen molar-refractivity contribution in [3.05, 3.63) is 28.8 Å². The highest BCUT2D eigenvalue weighted by Gasteiger charge is 2.22. The van der Waals surface area contributed by atoms with Crippen molar-refractivity contribution in [2.45, 2.75) is 51.0 Å². The number of benzene rings is 1. The van der Waals surface area contributed by atoms with Crippen molar-refractivity contribution >= 4 is 0 Å². The number of aromatic hydroxyl groups is 1. The quantitative estimate of drug-likeness (QED) is 0.778. The van der Waals surface area contributed by atoms with Crippen molar-refractivity contribution in [2.75, 3.05) is 6.54 Å². The summed E-state index contributed by atoms with van der Waals surface area (Å²) >= 11 is 0. The van der Waals surface area contributed by atoms with E-state index in [2.05, 4.69) is 11.4 Å². The van der Waals surface area contributed by atoms with Gasteiger partial charge in [0.2, 0.25) is 0 Å². The molecule has 2 nitrogen and oxygen atoms in total. The third-order valence-corrected chi connectivity index (χ3v) is 4.23. The van der Waals surface area contributed by atoms with Crippen molar-refractivity contribution in [1.29, 1.82) is 0 Å². The van der Waals surface area contributed by atoms with Crippen molar-refractivity contribution < 1.29 is 5.11 Å². The molecule has 2 N–H and O–H groups in total. The lowest BCUT2D eigenvalue weighted by atomic mass is 9.83. The first-order valence-electron chi connectivity index (χ1n) is 6.93. The van der Waals surface area contributed by atoms with Crippen LogP contribution in [-0.4, -0.2) is 11.7 Å². The zero-order chi connectivity index (χ0) is 11.7. The molecule has 1 aliphatic heterocycles. The lowest BCUT2D eigenvalue weighted by Crippen LogP contribution is -2.28. The van der Waals surface area contributed by atoms with E-state index in [0.29, 0.717) is 11.8 Å². The Kier molecular flexibility index (Phi) is 3.06. The van der Waals surface area contributed by atoms with Crippen LogP contribution in [0, 0.1) is 0 Å². The summed E-state index contributed by atoms with van der Waals surface area (Å²) in [5.41, 5.74) is 4.12. The van der Waals surface area contributed by atoms with Gasteiger partial charge in [0.25, 0.3) is 0 Å². The van der Waals surface area contributed by atoms with Crippen LogP contribution >= 0.6 is 0 Å². The molecule has 0 aromatic heterocycles. The van der Waals surface area contributed by atoms with Crippen LogP contribution in [0.3, 0.4) is 0 Å². The van der Waals surface area contributed by atoms with Crippen LogP contribution in [0.1, 0.15) is 54.8 Å². The van der Waals surface area contributed by atoms with E-state index in [1.54, 1.807) is 0 Å². The summed E-state index contributed by atoms with van der Waals surface area (Å²) in [7, 11) is 0. The minimum Gasteiger partial charge on any atom is -0.508 e. The van der Waals surface area contributed by atoms with Gasteiger partial charge >= 0.3 is 0 Å². The SMILES string of the molecule is Oc1ccc(C2CCCCN2)c2c1CCCC2. The van der Waals surface area contributed by atoms with Gasteiger partial charge in [-0.3, -0.25) is 0 Å². The summed E-state index contributed by atoms with van der Waals surface area (Å²) in [6.07, 6.45) is 8.58. The van der Waals surface area contributed by atoms with Gasteiger partial charge in [0.1, 0.15) is 5.75 Å². The normalized spacial score (nSPS) is 24.4. The number of phenolic OH excluding ortho intramolecular Hbond substituents is 1. The van der Waals surface area contributed by atoms with Crippen LogP contribution in [0.2, 0.25) is 0 Å². The summed E-state index contributed by atoms with van der Waals surface area (Å²) < 4.78 is 0. The first kappa shape index (κ1) is 11.1. The fourth-order valence-corrected chi connectivity index (χ4v) is 3.32. The molecule has 0 radical (unpaired) electrons. The van der Waals surface area contributed by atoms with Crippen molar-refractivity contribution in [3.8, 4) is 5.75 Å². The zero-order valence-electron chi connectivity index (χ0n) is 10.3. The van der Waals surface area contributed by atoms with Crippen LogP contribution in [0.5, 0.6) is 5.75 Å². The summed E-state index contributed by atoms with van der Waals surface area (Å²) in [6.45, 7) is 1.14. The van der Waals surface area contributed by atoms with E-state index in [1.165, 1.54) is 48.8 Å². The number of fused-ring (bicyclic) bond motifs is 1. The number of hydrogen-bond acceptors (Lipinski definition) is 2. The van der Waals surface area contributed by atoms with E-state index < -0.39 is 0 Å². The first-order chi connectivity index (χ1) is 8.36. The highest BCUT2D eigenvalue weighted by Crippen LogP contribution is 2.36. The van der Waals surface area contributed by atoms with Crippen molar-refractivity contribution in [1.82, 2.24) is 5.32 Å². The van der Waals surface area contributed by atoms with E-state index in [-0.39, 0.29) is 0 Å². The number of rotatable bonds is 1. The molecule has 0 saturated carbocycles. The molecule has 1 aromatic carbocycles. The topological polar surface area (TPSA) is 32.3 Å². The maximum atomic E-state index is 9.96. The van der Waals surface area contributed by atoms with E-state index in [4.69, 9.17) is 0 Å². The molecule has 0 amide bonds. The fraction of sp³-hybridized carbons (Fsp3) is 0.600. The summed E-state index contributed by atoms with van der Waals surface area (Å²) in [5.74, 6) is 0.513. The molecule has 3 rings (SSSR count).